The van der Waals surface area contributed by atoms with Crippen molar-refractivity contribution in [3.8, 4) is 0 Å². The lowest BCUT2D eigenvalue weighted by atomic mass is 10.5. The summed E-state index contributed by atoms with van der Waals surface area (Å²) in [6.07, 6.45) is 1.02. The van der Waals surface area contributed by atoms with E-state index in [1.165, 1.54) is 7.05 Å². The molecule has 1 heterocycles. The van der Waals surface area contributed by atoms with E-state index in [1.54, 1.807) is 0 Å². The summed E-state index contributed by atoms with van der Waals surface area (Å²) in [4.78, 5) is 0. The fourth-order valence-electron chi connectivity index (χ4n) is 0.411. The van der Waals surface area contributed by atoms with Crippen LogP contribution in [0.1, 0.15) is 0 Å². The van der Waals surface area contributed by atoms with Crippen LogP contribution >= 0.6 is 0 Å². The molecule has 0 saturated carbocycles. The summed E-state index contributed by atoms with van der Waals surface area (Å²) in [5, 5.41) is 10.3. The number of rotatable bonds is 0. The molecular weight excluding hydrogens is 109 g/mol. The topological polar surface area (TPSA) is 39.2 Å². The lowest BCUT2D eigenvalue weighted by Gasteiger charge is -1.80. The molecule has 0 spiro atoms. The predicted octanol–water partition coefficient (Wildman–Crippen LogP) is 0.883. The van der Waals surface area contributed by atoms with Gasteiger partial charge in [0.25, 0.3) is 0 Å². The fourth-order valence-corrected chi connectivity index (χ4v) is 0.411. The molecule has 0 aliphatic carbocycles. The molecule has 0 fully saturated rings. The first-order valence-electron chi connectivity index (χ1n) is 2.11. The minimum atomic E-state index is -0.576. The molecule has 0 aromatic heterocycles. The standard InChI is InChI=1S/C4H5FN3/c1-8-4(6)3(5)2-7-8/h2,6H,1H3/q+1. The van der Waals surface area contributed by atoms with Gasteiger partial charge in [0.05, 0.1) is 0 Å². The Morgan fingerprint density at radius 3 is 2.62 bits per heavy atom. The number of amidine groups is 1. The molecule has 0 aromatic carbocycles. The monoisotopic (exact) mass is 114 g/mol. The third-order valence-corrected chi connectivity index (χ3v) is 0.894. The number of likely N-dealkylation sites (N-methyl/N-ethyl adjacent to an activating group) is 1. The molecule has 1 aliphatic rings. The van der Waals surface area contributed by atoms with Gasteiger partial charge in [0.15, 0.2) is 0 Å². The van der Waals surface area contributed by atoms with Crippen molar-refractivity contribution in [2.24, 2.45) is 5.11 Å². The quantitative estimate of drug-likeness (QED) is 0.454. The highest BCUT2D eigenvalue weighted by atomic mass is 19.1. The predicted molar refractivity (Wildman–Crippen MR) is 25.5 cm³/mol. The molecule has 4 heteroatoms. The van der Waals surface area contributed by atoms with Gasteiger partial charge in [-0.1, -0.05) is 10.5 Å². The maximum Gasteiger partial charge on any atom is 0.373 e. The first-order valence-corrected chi connectivity index (χ1v) is 2.11. The number of nitrogens with zero attached hydrogens (tertiary/aromatic N) is 2. The molecule has 0 radical (unpaired) electrons. The Bertz CT molecular complexity index is 171. The van der Waals surface area contributed by atoms with E-state index >= 15 is 0 Å². The first kappa shape index (κ1) is 5.08. The van der Waals surface area contributed by atoms with Crippen LogP contribution in [-0.4, -0.2) is 17.6 Å². The molecule has 0 bridgehead atoms. The van der Waals surface area contributed by atoms with E-state index < -0.39 is 5.83 Å². The molecule has 0 saturated heterocycles. The van der Waals surface area contributed by atoms with Crippen LogP contribution in [0.2, 0.25) is 0 Å². The average molecular weight is 114 g/mol. The summed E-state index contributed by atoms with van der Waals surface area (Å²) >= 11 is 0. The maximum absolute atomic E-state index is 12.1. The minimum absolute atomic E-state index is 0.176. The zero-order valence-electron chi connectivity index (χ0n) is 4.35. The van der Waals surface area contributed by atoms with E-state index in [9.17, 15) is 4.39 Å². The molecular formula is C4H5FN3+. The zero-order valence-corrected chi connectivity index (χ0v) is 4.35. The summed E-state index contributed by atoms with van der Waals surface area (Å²) in [5.74, 6) is -0.752. The highest BCUT2D eigenvalue weighted by Gasteiger charge is 2.20. The molecule has 0 atom stereocenters. The second-order valence-corrected chi connectivity index (χ2v) is 1.46. The van der Waals surface area contributed by atoms with Gasteiger partial charge >= 0.3 is 5.84 Å². The number of hydrogen-bond donors (Lipinski definition) is 1. The van der Waals surface area contributed by atoms with Gasteiger partial charge in [0, 0.05) is 0 Å². The highest BCUT2D eigenvalue weighted by molar-refractivity contribution is 5.87. The van der Waals surface area contributed by atoms with Crippen molar-refractivity contribution in [3.05, 3.63) is 12.0 Å². The van der Waals surface area contributed by atoms with E-state index in [0.29, 0.717) is 0 Å². The Morgan fingerprint density at radius 2 is 2.50 bits per heavy atom. The minimum Gasteiger partial charge on any atom is -0.196 e. The zero-order chi connectivity index (χ0) is 6.15. The summed E-state index contributed by atoms with van der Waals surface area (Å²) in [7, 11) is 1.52. The van der Waals surface area contributed by atoms with Gasteiger partial charge in [-0.3, -0.25) is 0 Å². The van der Waals surface area contributed by atoms with Gasteiger partial charge in [0.1, 0.15) is 13.2 Å². The number of nitrogens with one attached hydrogen (secondary N) is 1. The normalized spacial score (nSPS) is 18.5. The largest absolute Gasteiger partial charge is 0.373 e. The van der Waals surface area contributed by atoms with Crippen LogP contribution in [0.15, 0.2) is 17.1 Å². The Hall–Kier alpha value is -1.06. The van der Waals surface area contributed by atoms with Crippen LogP contribution in [0.25, 0.3) is 0 Å². The van der Waals surface area contributed by atoms with Crippen molar-refractivity contribution in [2.75, 3.05) is 7.05 Å². The molecule has 1 rings (SSSR count). The van der Waals surface area contributed by atoms with E-state index in [0.717, 1.165) is 10.9 Å². The van der Waals surface area contributed by atoms with E-state index in [4.69, 9.17) is 5.41 Å². The van der Waals surface area contributed by atoms with Crippen LogP contribution < -0.4 is 0 Å². The van der Waals surface area contributed by atoms with Crippen molar-refractivity contribution in [2.45, 2.75) is 0 Å². The van der Waals surface area contributed by atoms with Gasteiger partial charge < -0.3 is 0 Å². The van der Waals surface area contributed by atoms with Gasteiger partial charge in [-0.25, -0.2) is 0 Å². The maximum atomic E-state index is 12.1. The highest BCUT2D eigenvalue weighted by Crippen LogP contribution is 2.05. The number of azo groups is 2. The van der Waals surface area contributed by atoms with Gasteiger partial charge in [-0.2, -0.15) is 4.39 Å². The summed E-state index contributed by atoms with van der Waals surface area (Å²) in [5.41, 5.74) is 0. The third kappa shape index (κ3) is 0.538. The summed E-state index contributed by atoms with van der Waals surface area (Å²) in [6.45, 7) is 0. The fraction of sp³-hybridized carbons (Fsp3) is 0.250. The van der Waals surface area contributed by atoms with Crippen molar-refractivity contribution in [1.29, 1.82) is 5.41 Å². The Kier molecular flexibility index (Phi) is 0.932. The van der Waals surface area contributed by atoms with Crippen molar-refractivity contribution in [1.82, 2.24) is 0 Å². The Labute approximate surface area is 45.6 Å². The molecule has 0 aromatic rings. The van der Waals surface area contributed by atoms with Crippen LogP contribution in [0, 0.1) is 5.41 Å². The average Bonchev–Trinajstić information content (AvgIpc) is 1.98. The molecule has 8 heavy (non-hydrogen) atoms. The summed E-state index contributed by atoms with van der Waals surface area (Å²) in [6, 6.07) is 0. The molecule has 42 valence electrons. The summed E-state index contributed by atoms with van der Waals surface area (Å²) < 4.78 is 13.2. The van der Waals surface area contributed by atoms with Crippen LogP contribution in [0.4, 0.5) is 4.39 Å². The second-order valence-electron chi connectivity index (χ2n) is 1.46. The molecule has 1 aliphatic heterocycles. The van der Waals surface area contributed by atoms with E-state index in [1.807, 2.05) is 0 Å². The van der Waals surface area contributed by atoms with Crippen molar-refractivity contribution < 1.29 is 9.09 Å². The lowest BCUT2D eigenvalue weighted by molar-refractivity contribution is -0.442. The van der Waals surface area contributed by atoms with Crippen LogP contribution in [0.5, 0.6) is 0 Å². The molecule has 1 N–H and O–H groups in total. The lowest BCUT2D eigenvalue weighted by Crippen LogP contribution is -2.08. The SMILES string of the molecule is C[N+]1=NC=C(F)C1=N. The molecule has 0 unspecified atom stereocenters. The molecule has 0 amide bonds. The number of hydrogen-bond acceptors (Lipinski definition) is 2. The van der Waals surface area contributed by atoms with Crippen LogP contribution in [0.3, 0.4) is 0 Å². The van der Waals surface area contributed by atoms with Crippen molar-refractivity contribution >= 4 is 5.84 Å². The van der Waals surface area contributed by atoms with Crippen LogP contribution in [-0.2, 0) is 0 Å². The van der Waals surface area contributed by atoms with Gasteiger partial charge in [-0.15, -0.1) is 4.70 Å². The molecule has 3 nitrogen and oxygen atoms in total. The Balaban J connectivity index is 2.92. The van der Waals surface area contributed by atoms with Gasteiger partial charge in [-0.05, 0) is 0 Å². The smallest absolute Gasteiger partial charge is 0.196 e. The van der Waals surface area contributed by atoms with Gasteiger partial charge in [0.2, 0.25) is 5.83 Å². The van der Waals surface area contributed by atoms with E-state index in [2.05, 4.69) is 5.11 Å². The second kappa shape index (κ2) is 1.47. The first-order chi connectivity index (χ1) is 3.72. The Morgan fingerprint density at radius 1 is 1.88 bits per heavy atom. The van der Waals surface area contributed by atoms with Crippen molar-refractivity contribution in [3.63, 3.8) is 0 Å². The van der Waals surface area contributed by atoms with E-state index in [-0.39, 0.29) is 5.84 Å². The third-order valence-electron chi connectivity index (χ3n) is 0.894. The number of halogens is 1.